The summed E-state index contributed by atoms with van der Waals surface area (Å²) in [4.78, 5) is 26.6. The summed E-state index contributed by atoms with van der Waals surface area (Å²) in [6, 6.07) is 6.07. The third-order valence-electron chi connectivity index (χ3n) is 6.80. The molecule has 2 atom stereocenters. The molecular formula is C26H29N7O3. The van der Waals surface area contributed by atoms with Crippen molar-refractivity contribution >= 4 is 28.5 Å². The lowest BCUT2D eigenvalue weighted by atomic mass is 10.1. The Hall–Kier alpha value is -4.10. The molecule has 1 aliphatic carbocycles. The molecule has 10 heteroatoms. The highest BCUT2D eigenvalue weighted by atomic mass is 16.5. The van der Waals surface area contributed by atoms with Crippen molar-refractivity contribution in [2.45, 2.75) is 37.4 Å². The molecule has 5 rings (SSSR count). The van der Waals surface area contributed by atoms with Crippen molar-refractivity contribution in [2.75, 3.05) is 32.6 Å². The number of rotatable bonds is 7. The van der Waals surface area contributed by atoms with Crippen LogP contribution in [0.3, 0.4) is 0 Å². The molecule has 1 aliphatic heterocycles. The fourth-order valence-corrected chi connectivity index (χ4v) is 4.98. The van der Waals surface area contributed by atoms with Gasteiger partial charge in [0.05, 0.1) is 36.4 Å². The van der Waals surface area contributed by atoms with Gasteiger partial charge in [-0.3, -0.25) is 14.3 Å². The smallest absolute Gasteiger partial charge is 0.255 e. The van der Waals surface area contributed by atoms with Gasteiger partial charge in [-0.05, 0) is 43.4 Å². The number of carbonyl (C=O) groups excluding carboxylic acids is 2. The van der Waals surface area contributed by atoms with Crippen LogP contribution in [0.2, 0.25) is 0 Å². The highest BCUT2D eigenvalue weighted by Crippen LogP contribution is 2.37. The van der Waals surface area contributed by atoms with E-state index >= 15 is 0 Å². The van der Waals surface area contributed by atoms with Crippen molar-refractivity contribution in [3.63, 3.8) is 0 Å². The van der Waals surface area contributed by atoms with Crippen LogP contribution in [0.15, 0.2) is 37.1 Å². The summed E-state index contributed by atoms with van der Waals surface area (Å²) in [6.07, 6.45) is 6.02. The van der Waals surface area contributed by atoms with Crippen molar-refractivity contribution in [2.24, 2.45) is 5.73 Å². The molecule has 0 unspecified atom stereocenters. The highest BCUT2D eigenvalue weighted by Gasteiger charge is 2.37. The number of nitrogens with zero attached hydrogens (tertiary/aromatic N) is 5. The van der Waals surface area contributed by atoms with Crippen molar-refractivity contribution < 1.29 is 14.3 Å². The van der Waals surface area contributed by atoms with Gasteiger partial charge in [0.25, 0.3) is 5.91 Å². The van der Waals surface area contributed by atoms with Crippen LogP contribution in [0.5, 0.6) is 0 Å². The monoisotopic (exact) mass is 487 g/mol. The van der Waals surface area contributed by atoms with Crippen molar-refractivity contribution in [1.29, 1.82) is 0 Å². The number of hydrogen-bond donors (Lipinski definition) is 2. The van der Waals surface area contributed by atoms with Crippen molar-refractivity contribution in [3.8, 4) is 11.8 Å². The number of primary amides is 1. The second-order valence-electron chi connectivity index (χ2n) is 9.13. The predicted molar refractivity (Wildman–Crippen MR) is 136 cm³/mol. The van der Waals surface area contributed by atoms with E-state index in [0.29, 0.717) is 31.4 Å². The number of aromatic nitrogens is 4. The van der Waals surface area contributed by atoms with Gasteiger partial charge in [-0.25, -0.2) is 4.68 Å². The number of ether oxygens (including phenoxy) is 1. The van der Waals surface area contributed by atoms with Crippen LogP contribution in [-0.2, 0) is 9.53 Å². The first kappa shape index (κ1) is 23.6. The molecule has 36 heavy (non-hydrogen) atoms. The number of nitrogens with two attached hydrogens (primary N) is 1. The zero-order valence-corrected chi connectivity index (χ0v) is 20.4. The zero-order valence-electron chi connectivity index (χ0n) is 20.4. The third kappa shape index (κ3) is 4.12. The molecule has 0 radical (unpaired) electrons. The standard InChI is InChI=1S/C26H29N7O3/c1-4-23(34)31-14-18(12-19(31)15-36-3)33-26(28-2)24(25(27)35)21(30-33)11-8-16-6-5-7-22-20(16)13-29-32(22)17-9-10-17/h4-7,13,17-19,28H,1,9-10,12,14-15H2,2-3H3,(H2,27,35)/t18-,19+/m0/s1. The van der Waals surface area contributed by atoms with E-state index in [1.165, 1.54) is 6.08 Å². The number of carbonyl (C=O) groups is 2. The molecule has 10 nitrogen and oxygen atoms in total. The quantitative estimate of drug-likeness (QED) is 0.389. The first-order chi connectivity index (χ1) is 17.5. The van der Waals surface area contributed by atoms with Crippen LogP contribution in [-0.4, -0.2) is 69.6 Å². The number of anilines is 1. The summed E-state index contributed by atoms with van der Waals surface area (Å²) < 4.78 is 9.09. The maximum atomic E-state index is 12.5. The van der Waals surface area contributed by atoms with Crippen LogP contribution < -0.4 is 11.1 Å². The van der Waals surface area contributed by atoms with Gasteiger partial charge in [0.15, 0.2) is 5.69 Å². The second kappa shape index (κ2) is 9.51. The van der Waals surface area contributed by atoms with Crippen LogP contribution in [0, 0.1) is 11.8 Å². The summed E-state index contributed by atoms with van der Waals surface area (Å²) in [5.74, 6) is 5.93. The van der Waals surface area contributed by atoms with Gasteiger partial charge in [-0.15, -0.1) is 0 Å². The number of likely N-dealkylation sites (tertiary alicyclic amines) is 1. The molecule has 0 spiro atoms. The Morgan fingerprint density at radius 3 is 2.75 bits per heavy atom. The van der Waals surface area contributed by atoms with Gasteiger partial charge in [-0.2, -0.15) is 10.2 Å². The fraction of sp³-hybridized carbons (Fsp3) is 0.385. The van der Waals surface area contributed by atoms with Gasteiger partial charge in [0.1, 0.15) is 11.4 Å². The Kier molecular flexibility index (Phi) is 6.24. The van der Waals surface area contributed by atoms with E-state index in [-0.39, 0.29) is 29.2 Å². The lowest BCUT2D eigenvalue weighted by Crippen LogP contribution is -2.37. The highest BCUT2D eigenvalue weighted by molar-refractivity contribution is 6.00. The van der Waals surface area contributed by atoms with Gasteiger partial charge in [0.2, 0.25) is 5.91 Å². The SMILES string of the molecule is C=CC(=O)N1C[C@@H](n2nc(C#Cc3cccc4c3cnn4C3CC3)c(C(N)=O)c2NC)C[C@@H]1COC. The Bertz CT molecular complexity index is 1410. The first-order valence-corrected chi connectivity index (χ1v) is 12.0. The Morgan fingerprint density at radius 1 is 1.28 bits per heavy atom. The molecule has 3 aromatic rings. The minimum Gasteiger partial charge on any atom is -0.383 e. The number of fused-ring (bicyclic) bond motifs is 1. The van der Waals surface area contributed by atoms with E-state index < -0.39 is 5.91 Å². The molecule has 3 N–H and O–H groups in total. The lowest BCUT2D eigenvalue weighted by molar-refractivity contribution is -0.127. The predicted octanol–water partition coefficient (Wildman–Crippen LogP) is 2.08. The second-order valence-corrected chi connectivity index (χ2v) is 9.13. The fourth-order valence-electron chi connectivity index (χ4n) is 4.98. The first-order valence-electron chi connectivity index (χ1n) is 12.0. The molecule has 2 aromatic heterocycles. The van der Waals surface area contributed by atoms with E-state index in [1.807, 2.05) is 24.4 Å². The molecular weight excluding hydrogens is 458 g/mol. The third-order valence-corrected chi connectivity index (χ3v) is 6.80. The van der Waals surface area contributed by atoms with Crippen LogP contribution >= 0.6 is 0 Å². The van der Waals surface area contributed by atoms with Gasteiger partial charge < -0.3 is 20.7 Å². The maximum absolute atomic E-state index is 12.5. The number of benzene rings is 1. The Labute approximate surface area is 209 Å². The summed E-state index contributed by atoms with van der Waals surface area (Å²) in [5, 5.41) is 13.3. The van der Waals surface area contributed by atoms with Crippen LogP contribution in [0.1, 0.15) is 53.0 Å². The average Bonchev–Trinajstić information content (AvgIpc) is 3.32. The minimum atomic E-state index is -0.625. The number of methoxy groups -OCH3 is 1. The van der Waals surface area contributed by atoms with E-state index in [2.05, 4.69) is 33.5 Å². The molecule has 1 saturated heterocycles. The molecule has 3 heterocycles. The zero-order chi connectivity index (χ0) is 25.4. The van der Waals surface area contributed by atoms with Crippen LogP contribution in [0.4, 0.5) is 5.82 Å². The topological polar surface area (TPSA) is 120 Å². The molecule has 186 valence electrons. The number of amides is 2. The molecule has 1 aromatic carbocycles. The molecule has 2 fully saturated rings. The Balaban J connectivity index is 1.53. The number of nitrogens with one attached hydrogen (secondary N) is 1. The van der Waals surface area contributed by atoms with Gasteiger partial charge >= 0.3 is 0 Å². The van der Waals surface area contributed by atoms with E-state index in [0.717, 1.165) is 29.3 Å². The average molecular weight is 488 g/mol. The molecule has 0 bridgehead atoms. The van der Waals surface area contributed by atoms with E-state index in [1.54, 1.807) is 23.7 Å². The summed E-state index contributed by atoms with van der Waals surface area (Å²) in [7, 11) is 3.31. The van der Waals surface area contributed by atoms with Crippen LogP contribution in [0.25, 0.3) is 10.9 Å². The lowest BCUT2D eigenvalue weighted by Gasteiger charge is -2.22. The van der Waals surface area contributed by atoms with Gasteiger partial charge in [0, 0.05) is 31.7 Å². The molecule has 2 aliphatic rings. The molecule has 2 amide bonds. The Morgan fingerprint density at radius 2 is 2.08 bits per heavy atom. The summed E-state index contributed by atoms with van der Waals surface area (Å²) >= 11 is 0. The minimum absolute atomic E-state index is 0.133. The summed E-state index contributed by atoms with van der Waals surface area (Å²) in [5.41, 5.74) is 8.13. The molecule has 1 saturated carbocycles. The normalized spacial score (nSPS) is 19.2. The van der Waals surface area contributed by atoms with Crippen molar-refractivity contribution in [3.05, 3.63) is 53.9 Å². The van der Waals surface area contributed by atoms with Crippen molar-refractivity contribution in [1.82, 2.24) is 24.5 Å². The maximum Gasteiger partial charge on any atom is 0.255 e. The van der Waals surface area contributed by atoms with E-state index in [9.17, 15) is 9.59 Å². The largest absolute Gasteiger partial charge is 0.383 e. The van der Waals surface area contributed by atoms with E-state index in [4.69, 9.17) is 15.6 Å². The summed E-state index contributed by atoms with van der Waals surface area (Å²) in [6.45, 7) is 4.40. The number of hydrogen-bond acceptors (Lipinski definition) is 6. The van der Waals surface area contributed by atoms with Gasteiger partial charge in [-0.1, -0.05) is 18.6 Å².